The number of rotatable bonds is 7. The van der Waals surface area contributed by atoms with E-state index >= 15 is 0 Å². The lowest BCUT2D eigenvalue weighted by Crippen LogP contribution is -2.37. The average Bonchev–Trinajstić information content (AvgIpc) is 3.60. The fourth-order valence-corrected chi connectivity index (χ4v) is 5.45. The monoisotopic (exact) mass is 524 g/mol. The van der Waals surface area contributed by atoms with Gasteiger partial charge < -0.3 is 23.5 Å². The molecule has 0 amide bonds. The van der Waals surface area contributed by atoms with Gasteiger partial charge in [0.2, 0.25) is 4.96 Å². The molecule has 0 bridgehead atoms. The average molecular weight is 525 g/mol. The highest BCUT2D eigenvalue weighted by molar-refractivity contribution is 7.18. The number of aromatic nitrogens is 3. The lowest BCUT2D eigenvalue weighted by molar-refractivity contribution is 0.230. The Hall–Kier alpha value is -3.43. The van der Waals surface area contributed by atoms with E-state index in [2.05, 4.69) is 27.1 Å². The van der Waals surface area contributed by atoms with Crippen molar-refractivity contribution in [2.24, 2.45) is 5.92 Å². The Labute approximate surface area is 217 Å². The first-order valence-corrected chi connectivity index (χ1v) is 12.9. The normalized spacial score (nSPS) is 16.1. The number of anilines is 1. The number of fused-ring (bicyclic) bond motifs is 2. The first kappa shape index (κ1) is 23.0. The Bertz CT molecular complexity index is 1480. The predicted molar refractivity (Wildman–Crippen MR) is 141 cm³/mol. The van der Waals surface area contributed by atoms with Crippen LogP contribution in [0, 0.1) is 5.92 Å². The molecule has 0 unspecified atom stereocenters. The first-order valence-electron chi connectivity index (χ1n) is 11.7. The zero-order chi connectivity index (χ0) is 24.6. The van der Waals surface area contributed by atoms with Crippen LogP contribution in [0.3, 0.4) is 0 Å². The molecule has 36 heavy (non-hydrogen) atoms. The number of hydrogen-bond donors (Lipinski definition) is 0. The van der Waals surface area contributed by atoms with Crippen LogP contribution in [-0.4, -0.2) is 48.5 Å². The molecule has 1 saturated heterocycles. The Morgan fingerprint density at radius 2 is 2.00 bits per heavy atom. The van der Waals surface area contributed by atoms with Gasteiger partial charge in [-0.2, -0.15) is 0 Å². The number of furan rings is 1. The number of nitrogens with zero attached hydrogens (tertiary/aromatic N) is 4. The van der Waals surface area contributed by atoms with Gasteiger partial charge in [0.25, 0.3) is 5.19 Å². The molecule has 1 atom stereocenters. The molecule has 0 N–H and O–H groups in total. The summed E-state index contributed by atoms with van der Waals surface area (Å²) in [5.41, 5.74) is 2.58. The minimum atomic E-state index is 0.406. The van der Waals surface area contributed by atoms with Crippen molar-refractivity contribution in [1.29, 1.82) is 0 Å². The molecule has 1 aliphatic heterocycles. The molecular formula is C26H25ClN4O4S. The van der Waals surface area contributed by atoms with E-state index in [1.807, 2.05) is 36.5 Å². The number of ether oxygens (including phenoxy) is 3. The van der Waals surface area contributed by atoms with E-state index in [9.17, 15) is 0 Å². The fraction of sp³-hybridized carbons (Fsp3) is 0.308. The van der Waals surface area contributed by atoms with Crippen LogP contribution in [0.25, 0.3) is 27.4 Å². The van der Waals surface area contributed by atoms with Gasteiger partial charge in [-0.3, -0.25) is 0 Å². The van der Waals surface area contributed by atoms with Crippen molar-refractivity contribution >= 4 is 44.6 Å². The molecule has 5 aromatic rings. The second-order valence-electron chi connectivity index (χ2n) is 8.82. The number of halogens is 1. The van der Waals surface area contributed by atoms with Crippen LogP contribution in [0.1, 0.15) is 12.8 Å². The molecule has 3 aromatic heterocycles. The third kappa shape index (κ3) is 4.44. The standard InChI is InChI=1S/C26H25ClN4O4S/c1-32-19-10-22(34-15-16-4-3-9-30(13-16)18-7-5-17(27)6-8-18)20-12-24(35-23(20)11-19)21-14-31-25(28-21)36-26(29-31)33-2/h5-8,10-12,14,16H,3-4,9,13,15H2,1-2H3/t16-/m0/s1. The van der Waals surface area contributed by atoms with Crippen LogP contribution in [0.15, 0.2) is 53.1 Å². The zero-order valence-electron chi connectivity index (χ0n) is 19.9. The maximum Gasteiger partial charge on any atom is 0.294 e. The molecule has 0 aliphatic carbocycles. The molecule has 8 nitrogen and oxygen atoms in total. The number of methoxy groups -OCH3 is 2. The summed E-state index contributed by atoms with van der Waals surface area (Å²) < 4.78 is 24.9. The van der Waals surface area contributed by atoms with E-state index in [0.29, 0.717) is 40.5 Å². The van der Waals surface area contributed by atoms with Crippen molar-refractivity contribution in [3.8, 4) is 28.1 Å². The van der Waals surface area contributed by atoms with Crippen LogP contribution in [-0.2, 0) is 0 Å². The van der Waals surface area contributed by atoms with Crippen LogP contribution >= 0.6 is 22.9 Å². The summed E-state index contributed by atoms with van der Waals surface area (Å²) in [6, 6.07) is 13.8. The van der Waals surface area contributed by atoms with Gasteiger partial charge in [-0.05, 0) is 54.5 Å². The molecule has 6 rings (SSSR count). The highest BCUT2D eigenvalue weighted by atomic mass is 35.5. The SMILES string of the molecule is COc1cc(OC[C@H]2CCCN(c3ccc(Cl)cc3)C2)c2cc(-c3cn4nc(OC)sc4n3)oc2c1. The van der Waals surface area contributed by atoms with E-state index < -0.39 is 0 Å². The molecule has 0 radical (unpaired) electrons. The van der Waals surface area contributed by atoms with Gasteiger partial charge in [-0.25, -0.2) is 9.50 Å². The highest BCUT2D eigenvalue weighted by Crippen LogP contribution is 2.38. The fourth-order valence-electron chi connectivity index (χ4n) is 4.62. The summed E-state index contributed by atoms with van der Waals surface area (Å²) in [7, 11) is 3.23. The van der Waals surface area contributed by atoms with E-state index in [1.165, 1.54) is 17.0 Å². The summed E-state index contributed by atoms with van der Waals surface area (Å²) in [6.45, 7) is 2.58. The Morgan fingerprint density at radius 1 is 1.14 bits per heavy atom. The molecule has 4 heterocycles. The largest absolute Gasteiger partial charge is 0.496 e. The minimum absolute atomic E-state index is 0.406. The van der Waals surface area contributed by atoms with Gasteiger partial charge in [0.1, 0.15) is 22.8 Å². The van der Waals surface area contributed by atoms with Crippen LogP contribution in [0.4, 0.5) is 5.69 Å². The van der Waals surface area contributed by atoms with Crippen molar-refractivity contribution in [2.75, 3.05) is 38.8 Å². The summed E-state index contributed by atoms with van der Waals surface area (Å²) in [6.07, 6.45) is 4.07. The van der Waals surface area contributed by atoms with Crippen LogP contribution in [0.2, 0.25) is 5.02 Å². The van der Waals surface area contributed by atoms with Crippen molar-refractivity contribution in [3.05, 3.63) is 53.7 Å². The molecule has 0 saturated carbocycles. The zero-order valence-corrected chi connectivity index (χ0v) is 21.5. The Morgan fingerprint density at radius 3 is 2.78 bits per heavy atom. The molecule has 1 fully saturated rings. The van der Waals surface area contributed by atoms with Gasteiger partial charge in [0.15, 0.2) is 5.76 Å². The lowest BCUT2D eigenvalue weighted by atomic mass is 9.98. The van der Waals surface area contributed by atoms with Gasteiger partial charge in [-0.1, -0.05) is 11.6 Å². The smallest absolute Gasteiger partial charge is 0.294 e. The number of imidazole rings is 1. The molecule has 2 aromatic carbocycles. The topological polar surface area (TPSA) is 74.3 Å². The van der Waals surface area contributed by atoms with Gasteiger partial charge in [-0.15, -0.1) is 5.10 Å². The number of hydrogen-bond acceptors (Lipinski definition) is 8. The van der Waals surface area contributed by atoms with Gasteiger partial charge in [0.05, 0.1) is 32.4 Å². The summed E-state index contributed by atoms with van der Waals surface area (Å²) >= 11 is 7.44. The molecule has 10 heteroatoms. The first-order chi connectivity index (χ1) is 17.6. The quantitative estimate of drug-likeness (QED) is 0.252. The lowest BCUT2D eigenvalue weighted by Gasteiger charge is -2.34. The summed E-state index contributed by atoms with van der Waals surface area (Å²) in [5, 5.41) is 6.55. The Kier molecular flexibility index (Phi) is 6.10. The molecular weight excluding hydrogens is 500 g/mol. The Balaban J connectivity index is 1.23. The third-order valence-electron chi connectivity index (χ3n) is 6.45. The number of piperidine rings is 1. The molecule has 0 spiro atoms. The van der Waals surface area contributed by atoms with Crippen LogP contribution < -0.4 is 19.1 Å². The summed E-state index contributed by atoms with van der Waals surface area (Å²) in [4.78, 5) is 7.78. The van der Waals surface area contributed by atoms with E-state index in [0.717, 1.165) is 47.1 Å². The maximum absolute atomic E-state index is 6.39. The van der Waals surface area contributed by atoms with Gasteiger partial charge in [0, 0.05) is 41.9 Å². The minimum Gasteiger partial charge on any atom is -0.496 e. The van der Waals surface area contributed by atoms with Crippen LogP contribution in [0.5, 0.6) is 16.7 Å². The van der Waals surface area contributed by atoms with Crippen molar-refractivity contribution in [3.63, 3.8) is 0 Å². The third-order valence-corrected chi connectivity index (χ3v) is 7.58. The highest BCUT2D eigenvalue weighted by Gasteiger charge is 2.22. The number of benzene rings is 2. The van der Waals surface area contributed by atoms with Crippen molar-refractivity contribution < 1.29 is 18.6 Å². The maximum atomic E-state index is 6.39. The van der Waals surface area contributed by atoms with E-state index in [1.54, 1.807) is 18.7 Å². The predicted octanol–water partition coefficient (Wildman–Crippen LogP) is 6.17. The van der Waals surface area contributed by atoms with Gasteiger partial charge >= 0.3 is 0 Å². The van der Waals surface area contributed by atoms with E-state index in [4.69, 9.17) is 30.2 Å². The molecule has 186 valence electrons. The molecule has 1 aliphatic rings. The summed E-state index contributed by atoms with van der Waals surface area (Å²) in [5.74, 6) is 2.47. The van der Waals surface area contributed by atoms with Crippen molar-refractivity contribution in [2.45, 2.75) is 12.8 Å². The second kappa shape index (κ2) is 9.55. The second-order valence-corrected chi connectivity index (χ2v) is 10.2. The van der Waals surface area contributed by atoms with Crippen molar-refractivity contribution in [1.82, 2.24) is 14.6 Å². The van der Waals surface area contributed by atoms with E-state index in [-0.39, 0.29) is 0 Å².